The van der Waals surface area contributed by atoms with Crippen molar-refractivity contribution in [2.24, 2.45) is 0 Å². The van der Waals surface area contributed by atoms with E-state index in [0.29, 0.717) is 11.1 Å². The second-order valence-electron chi connectivity index (χ2n) is 6.51. The Labute approximate surface area is 161 Å². The molecule has 1 atom stereocenters. The van der Waals surface area contributed by atoms with Gasteiger partial charge in [-0.15, -0.1) is 0 Å². The lowest BCUT2D eigenvalue weighted by molar-refractivity contribution is -0.191. The molecule has 0 aromatic heterocycles. The Bertz CT molecular complexity index is 926. The van der Waals surface area contributed by atoms with Gasteiger partial charge in [-0.05, 0) is 31.5 Å². The molecule has 0 N–H and O–H groups in total. The van der Waals surface area contributed by atoms with Crippen molar-refractivity contribution in [3.8, 4) is 0 Å². The van der Waals surface area contributed by atoms with Gasteiger partial charge in [0.1, 0.15) is 5.54 Å². The van der Waals surface area contributed by atoms with Crippen LogP contribution in [0.3, 0.4) is 0 Å². The SMILES string of the molecule is COC(=O)[C@](C)(Cc1cccc(C)c1)N1C(=O)c2ccccc2C1=O.O=C=O. The molecule has 0 fully saturated rings. The van der Waals surface area contributed by atoms with Crippen molar-refractivity contribution in [2.45, 2.75) is 25.8 Å². The summed E-state index contributed by atoms with van der Waals surface area (Å²) in [6.07, 6.45) is 0.437. The normalized spacial score (nSPS) is 14.3. The van der Waals surface area contributed by atoms with E-state index in [1.165, 1.54) is 7.11 Å². The fourth-order valence-electron chi connectivity index (χ4n) is 3.32. The van der Waals surface area contributed by atoms with Gasteiger partial charge in [-0.3, -0.25) is 14.5 Å². The topological polar surface area (TPSA) is 97.8 Å². The summed E-state index contributed by atoms with van der Waals surface area (Å²) in [6, 6.07) is 14.2. The molecule has 0 saturated heterocycles. The van der Waals surface area contributed by atoms with Crippen molar-refractivity contribution < 1.29 is 28.7 Å². The summed E-state index contributed by atoms with van der Waals surface area (Å²) in [5, 5.41) is 0. The summed E-state index contributed by atoms with van der Waals surface area (Å²) in [5.74, 6) is -1.56. The number of carbonyl (C=O) groups is 3. The first-order chi connectivity index (χ1) is 13.3. The first-order valence-corrected chi connectivity index (χ1v) is 8.41. The van der Waals surface area contributed by atoms with Crippen molar-refractivity contribution in [1.82, 2.24) is 4.90 Å². The van der Waals surface area contributed by atoms with Gasteiger partial charge in [0.2, 0.25) is 0 Å². The summed E-state index contributed by atoms with van der Waals surface area (Å²) in [5.41, 5.74) is 1.09. The van der Waals surface area contributed by atoms with Gasteiger partial charge in [-0.1, -0.05) is 42.0 Å². The summed E-state index contributed by atoms with van der Waals surface area (Å²) in [7, 11) is 1.26. The third-order valence-corrected chi connectivity index (χ3v) is 4.54. The maximum atomic E-state index is 12.8. The second kappa shape index (κ2) is 8.41. The number of esters is 1. The number of fused-ring (bicyclic) bond motifs is 1. The van der Waals surface area contributed by atoms with Crippen LogP contribution in [0, 0.1) is 6.92 Å². The number of ether oxygens (including phenoxy) is 1. The molecule has 1 aliphatic rings. The van der Waals surface area contributed by atoms with E-state index in [2.05, 4.69) is 0 Å². The standard InChI is InChI=1S/C20H19NO4.CO2/c1-13-7-6-8-14(11-13)12-20(2,19(24)25-3)21-17(22)15-9-4-5-10-16(15)18(21)23;2-1-3/h4-11H,12H2,1-3H3;/t20-;/m0./s1. The lowest BCUT2D eigenvalue weighted by Crippen LogP contribution is -2.57. The molecule has 0 unspecified atom stereocenters. The van der Waals surface area contributed by atoms with Crippen LogP contribution in [0.15, 0.2) is 48.5 Å². The molecule has 2 aromatic rings. The van der Waals surface area contributed by atoms with Gasteiger partial charge in [0.05, 0.1) is 18.2 Å². The molecule has 7 nitrogen and oxygen atoms in total. The van der Waals surface area contributed by atoms with E-state index in [-0.39, 0.29) is 12.6 Å². The minimum absolute atomic E-state index is 0.187. The van der Waals surface area contributed by atoms with Gasteiger partial charge in [0, 0.05) is 6.42 Å². The van der Waals surface area contributed by atoms with Crippen molar-refractivity contribution in [3.05, 3.63) is 70.8 Å². The highest BCUT2D eigenvalue weighted by atomic mass is 16.5. The molecule has 0 spiro atoms. The van der Waals surface area contributed by atoms with E-state index in [1.54, 1.807) is 31.2 Å². The molecule has 2 amide bonds. The zero-order valence-electron chi connectivity index (χ0n) is 15.7. The average Bonchev–Trinajstić information content (AvgIpc) is 2.93. The predicted molar refractivity (Wildman–Crippen MR) is 97.3 cm³/mol. The molecule has 144 valence electrons. The lowest BCUT2D eigenvalue weighted by Gasteiger charge is -2.34. The monoisotopic (exact) mass is 381 g/mol. The van der Waals surface area contributed by atoms with E-state index in [4.69, 9.17) is 14.3 Å². The van der Waals surface area contributed by atoms with Gasteiger partial charge in [-0.25, -0.2) is 4.79 Å². The van der Waals surface area contributed by atoms with E-state index >= 15 is 0 Å². The van der Waals surface area contributed by atoms with E-state index in [1.807, 2.05) is 31.2 Å². The molecule has 0 radical (unpaired) electrons. The summed E-state index contributed by atoms with van der Waals surface area (Å²) >= 11 is 0. The molecule has 0 bridgehead atoms. The van der Waals surface area contributed by atoms with Crippen molar-refractivity contribution in [3.63, 3.8) is 0 Å². The maximum absolute atomic E-state index is 12.8. The Kier molecular flexibility index (Phi) is 6.23. The fraction of sp³-hybridized carbons (Fsp3) is 0.238. The minimum Gasteiger partial charge on any atom is -0.467 e. The summed E-state index contributed by atoms with van der Waals surface area (Å²) < 4.78 is 4.94. The number of hydrogen-bond donors (Lipinski definition) is 0. The highest BCUT2D eigenvalue weighted by Crippen LogP contribution is 2.32. The molecule has 7 heteroatoms. The minimum atomic E-state index is -1.42. The maximum Gasteiger partial charge on any atom is 0.373 e. The van der Waals surface area contributed by atoms with Crippen molar-refractivity contribution >= 4 is 23.9 Å². The van der Waals surface area contributed by atoms with Gasteiger partial charge >= 0.3 is 12.1 Å². The molecule has 1 heterocycles. The number of carbonyl (C=O) groups excluding carboxylic acids is 5. The molecule has 28 heavy (non-hydrogen) atoms. The number of rotatable bonds is 4. The first kappa shape index (κ1) is 20.7. The second-order valence-corrected chi connectivity index (χ2v) is 6.51. The highest BCUT2D eigenvalue weighted by molar-refractivity contribution is 6.23. The Morgan fingerprint density at radius 2 is 1.57 bits per heavy atom. The van der Waals surface area contributed by atoms with Crippen LogP contribution < -0.4 is 0 Å². The van der Waals surface area contributed by atoms with E-state index in [9.17, 15) is 14.4 Å². The van der Waals surface area contributed by atoms with Crippen LogP contribution in [-0.2, 0) is 25.5 Å². The number of benzene rings is 2. The van der Waals surface area contributed by atoms with Crippen LogP contribution >= 0.6 is 0 Å². The quantitative estimate of drug-likeness (QED) is 0.595. The number of imide groups is 1. The largest absolute Gasteiger partial charge is 0.467 e. The lowest BCUT2D eigenvalue weighted by atomic mass is 9.90. The molecular weight excluding hydrogens is 362 g/mol. The summed E-state index contributed by atoms with van der Waals surface area (Å²) in [6.45, 7) is 3.52. The molecule has 0 saturated carbocycles. The van der Waals surface area contributed by atoms with Gasteiger partial charge < -0.3 is 4.74 Å². The van der Waals surface area contributed by atoms with Crippen LogP contribution in [0.5, 0.6) is 0 Å². The average molecular weight is 381 g/mol. The van der Waals surface area contributed by atoms with Crippen LogP contribution in [0.25, 0.3) is 0 Å². The first-order valence-electron chi connectivity index (χ1n) is 8.41. The van der Waals surface area contributed by atoms with E-state index < -0.39 is 23.3 Å². The van der Waals surface area contributed by atoms with Gasteiger partial charge in [0.15, 0.2) is 0 Å². The smallest absolute Gasteiger partial charge is 0.373 e. The van der Waals surface area contributed by atoms with Crippen LogP contribution in [0.2, 0.25) is 0 Å². The number of aryl methyl sites for hydroxylation is 1. The van der Waals surface area contributed by atoms with Gasteiger partial charge in [-0.2, -0.15) is 9.59 Å². The Hall–Kier alpha value is -3.57. The number of nitrogens with zero attached hydrogens (tertiary/aromatic N) is 1. The Balaban J connectivity index is 0.000000878. The molecule has 3 rings (SSSR count). The number of amides is 2. The third-order valence-electron chi connectivity index (χ3n) is 4.54. The van der Waals surface area contributed by atoms with Gasteiger partial charge in [0.25, 0.3) is 11.8 Å². The van der Waals surface area contributed by atoms with Crippen LogP contribution in [0.1, 0.15) is 38.8 Å². The molecular formula is C21H19NO6. The summed E-state index contributed by atoms with van der Waals surface area (Å²) in [4.78, 5) is 55.5. The van der Waals surface area contributed by atoms with Crippen molar-refractivity contribution in [2.75, 3.05) is 7.11 Å². The molecule has 2 aromatic carbocycles. The zero-order chi connectivity index (χ0) is 20.9. The number of methoxy groups -OCH3 is 1. The molecule has 1 aliphatic heterocycles. The Morgan fingerprint density at radius 3 is 2.04 bits per heavy atom. The van der Waals surface area contributed by atoms with Crippen molar-refractivity contribution in [1.29, 1.82) is 0 Å². The third kappa shape index (κ3) is 3.75. The Morgan fingerprint density at radius 1 is 1.04 bits per heavy atom. The van der Waals surface area contributed by atoms with E-state index in [0.717, 1.165) is 16.0 Å². The van der Waals surface area contributed by atoms with Crippen LogP contribution in [0.4, 0.5) is 0 Å². The highest BCUT2D eigenvalue weighted by Gasteiger charge is 2.51. The van der Waals surface area contributed by atoms with Crippen LogP contribution in [-0.4, -0.2) is 41.5 Å². The zero-order valence-corrected chi connectivity index (χ0v) is 15.7. The fourth-order valence-corrected chi connectivity index (χ4v) is 3.32. The molecule has 0 aliphatic carbocycles. The predicted octanol–water partition coefficient (Wildman–Crippen LogP) is 2.18. The number of hydrogen-bond acceptors (Lipinski definition) is 6.